The fourth-order valence-electron chi connectivity index (χ4n) is 4.07. The maximum absolute atomic E-state index is 4.85. The second kappa shape index (κ2) is 8.13. The van der Waals surface area contributed by atoms with E-state index in [1.165, 1.54) is 0 Å². The fraction of sp³-hybridized carbons (Fsp3) is 0.120. The minimum atomic E-state index is 0.656. The SMILES string of the molecule is CN(C)Cc1cncc(-c2cc3c(-c4nc5c(-c6ccccn6)nccc5[nH]4)n[nH]c3cn2)c1. The van der Waals surface area contributed by atoms with Crippen LogP contribution < -0.4 is 0 Å². The van der Waals surface area contributed by atoms with E-state index in [2.05, 4.69) is 46.1 Å². The van der Waals surface area contributed by atoms with Crippen LogP contribution in [0.3, 0.4) is 0 Å². The third-order valence-corrected chi connectivity index (χ3v) is 5.57. The van der Waals surface area contributed by atoms with Crippen LogP contribution in [0.2, 0.25) is 0 Å². The predicted octanol–water partition coefficient (Wildman–Crippen LogP) is 4.08. The number of hydrogen-bond donors (Lipinski definition) is 2. The Morgan fingerprint density at radius 1 is 0.853 bits per heavy atom. The van der Waals surface area contributed by atoms with Gasteiger partial charge < -0.3 is 9.88 Å². The molecule has 0 amide bonds. The number of aromatic amines is 2. The van der Waals surface area contributed by atoms with Crippen LogP contribution in [0.4, 0.5) is 0 Å². The van der Waals surface area contributed by atoms with Crippen LogP contribution in [0, 0.1) is 0 Å². The molecule has 166 valence electrons. The Kier molecular flexibility index (Phi) is 4.81. The number of aromatic nitrogens is 8. The normalized spacial score (nSPS) is 11.6. The summed E-state index contributed by atoms with van der Waals surface area (Å²) >= 11 is 0. The highest BCUT2D eigenvalue weighted by Gasteiger charge is 2.17. The lowest BCUT2D eigenvalue weighted by molar-refractivity contribution is 0.402. The number of nitrogens with one attached hydrogen (secondary N) is 2. The predicted molar refractivity (Wildman–Crippen MR) is 131 cm³/mol. The van der Waals surface area contributed by atoms with E-state index in [-0.39, 0.29) is 0 Å². The molecule has 0 aromatic carbocycles. The Bertz CT molecular complexity index is 1620. The lowest BCUT2D eigenvalue weighted by Gasteiger charge is -2.10. The summed E-state index contributed by atoms with van der Waals surface area (Å²) in [5, 5.41) is 8.53. The quantitative estimate of drug-likeness (QED) is 0.409. The Morgan fingerprint density at radius 3 is 2.65 bits per heavy atom. The van der Waals surface area contributed by atoms with E-state index in [4.69, 9.17) is 4.98 Å². The molecule has 0 fully saturated rings. The number of rotatable bonds is 5. The Balaban J connectivity index is 1.45. The van der Waals surface area contributed by atoms with E-state index in [1.807, 2.05) is 56.8 Å². The van der Waals surface area contributed by atoms with E-state index in [0.717, 1.165) is 62.4 Å². The van der Waals surface area contributed by atoms with E-state index in [0.29, 0.717) is 5.82 Å². The van der Waals surface area contributed by atoms with Gasteiger partial charge in [0.25, 0.3) is 0 Å². The van der Waals surface area contributed by atoms with Crippen molar-refractivity contribution in [2.45, 2.75) is 6.54 Å². The maximum Gasteiger partial charge on any atom is 0.159 e. The molecule has 6 aromatic heterocycles. The first-order valence-corrected chi connectivity index (χ1v) is 10.9. The van der Waals surface area contributed by atoms with Gasteiger partial charge in [-0.2, -0.15) is 5.10 Å². The van der Waals surface area contributed by atoms with Crippen LogP contribution in [0.15, 0.2) is 67.4 Å². The summed E-state index contributed by atoms with van der Waals surface area (Å²) in [7, 11) is 4.08. The molecule has 0 saturated heterocycles. The highest BCUT2D eigenvalue weighted by Crippen LogP contribution is 2.31. The first-order valence-electron chi connectivity index (χ1n) is 10.9. The van der Waals surface area contributed by atoms with Gasteiger partial charge in [0, 0.05) is 42.3 Å². The number of fused-ring (bicyclic) bond motifs is 2. The maximum atomic E-state index is 4.85. The van der Waals surface area contributed by atoms with Crippen molar-refractivity contribution in [2.24, 2.45) is 0 Å². The van der Waals surface area contributed by atoms with Crippen molar-refractivity contribution >= 4 is 21.9 Å². The molecule has 0 bridgehead atoms. The fourth-order valence-corrected chi connectivity index (χ4v) is 4.07. The zero-order valence-electron chi connectivity index (χ0n) is 18.7. The van der Waals surface area contributed by atoms with Crippen LogP contribution in [0.25, 0.3) is 56.1 Å². The molecule has 0 aliphatic heterocycles. The van der Waals surface area contributed by atoms with E-state index in [1.54, 1.807) is 18.6 Å². The van der Waals surface area contributed by atoms with E-state index in [9.17, 15) is 0 Å². The molecule has 6 heterocycles. The summed E-state index contributed by atoms with van der Waals surface area (Å²) in [5.74, 6) is 0.656. The Morgan fingerprint density at radius 2 is 1.79 bits per heavy atom. The lowest BCUT2D eigenvalue weighted by Crippen LogP contribution is -2.10. The molecule has 6 aromatic rings. The zero-order chi connectivity index (χ0) is 23.1. The summed E-state index contributed by atoms with van der Waals surface area (Å²) in [6, 6.07) is 11.8. The molecule has 9 heteroatoms. The average molecular weight is 448 g/mol. The van der Waals surface area contributed by atoms with Crippen LogP contribution in [-0.2, 0) is 6.54 Å². The topological polar surface area (TPSA) is 112 Å². The molecule has 0 saturated carbocycles. The first kappa shape index (κ1) is 20.1. The largest absolute Gasteiger partial charge is 0.336 e. The first-order chi connectivity index (χ1) is 16.7. The van der Waals surface area contributed by atoms with Gasteiger partial charge >= 0.3 is 0 Å². The molecule has 0 aliphatic rings. The molecule has 34 heavy (non-hydrogen) atoms. The Labute approximate surface area is 195 Å². The van der Waals surface area contributed by atoms with Gasteiger partial charge in [0.15, 0.2) is 5.82 Å². The van der Waals surface area contributed by atoms with Crippen LogP contribution in [0.1, 0.15) is 5.56 Å². The summed E-state index contributed by atoms with van der Waals surface area (Å²) in [5.41, 5.74) is 7.59. The molecule has 0 spiro atoms. The van der Waals surface area contributed by atoms with Gasteiger partial charge in [-0.1, -0.05) is 6.07 Å². The highest BCUT2D eigenvalue weighted by molar-refractivity contribution is 5.96. The number of imidazole rings is 1. The summed E-state index contributed by atoms with van der Waals surface area (Å²) in [4.78, 5) is 28.3. The van der Waals surface area contributed by atoms with E-state index < -0.39 is 0 Å². The second-order valence-electron chi connectivity index (χ2n) is 8.36. The molecule has 2 N–H and O–H groups in total. The van der Waals surface area contributed by atoms with Gasteiger partial charge in [-0.25, -0.2) is 4.98 Å². The average Bonchev–Trinajstić information content (AvgIpc) is 3.48. The smallest absolute Gasteiger partial charge is 0.159 e. The van der Waals surface area contributed by atoms with Gasteiger partial charge in [-0.15, -0.1) is 0 Å². The van der Waals surface area contributed by atoms with Crippen LogP contribution >= 0.6 is 0 Å². The minimum absolute atomic E-state index is 0.656. The van der Waals surface area contributed by atoms with Crippen molar-refractivity contribution in [3.63, 3.8) is 0 Å². The molecule has 9 nitrogen and oxygen atoms in total. The van der Waals surface area contributed by atoms with Gasteiger partial charge in [0.2, 0.25) is 0 Å². The van der Waals surface area contributed by atoms with E-state index >= 15 is 0 Å². The summed E-state index contributed by atoms with van der Waals surface area (Å²) in [6.45, 7) is 0.811. The number of hydrogen-bond acceptors (Lipinski definition) is 7. The van der Waals surface area contributed by atoms with Crippen molar-refractivity contribution in [1.82, 2.24) is 45.0 Å². The summed E-state index contributed by atoms with van der Waals surface area (Å²) in [6.07, 6.45) is 9.02. The molecule has 0 atom stereocenters. The molecular formula is C25H21N9. The number of pyridine rings is 4. The number of nitrogens with zero attached hydrogens (tertiary/aromatic N) is 7. The Hall–Kier alpha value is -4.50. The standard InChI is InChI=1S/C25H21N9/c1-34(2)14-15-9-16(12-26-11-15)20-10-17-21(13-29-20)32-33-22(17)25-30-19-6-8-28-23(24(19)31-25)18-5-3-4-7-27-18/h3-13H,14H2,1-2H3,(H,30,31)(H,32,33). The van der Waals surface area contributed by atoms with Crippen molar-refractivity contribution < 1.29 is 0 Å². The summed E-state index contributed by atoms with van der Waals surface area (Å²) < 4.78 is 0. The minimum Gasteiger partial charge on any atom is -0.336 e. The number of H-pyrrole nitrogens is 2. The monoisotopic (exact) mass is 447 g/mol. The van der Waals surface area contributed by atoms with Crippen molar-refractivity contribution in [1.29, 1.82) is 0 Å². The molecular weight excluding hydrogens is 426 g/mol. The lowest BCUT2D eigenvalue weighted by atomic mass is 10.1. The van der Waals surface area contributed by atoms with Crippen molar-refractivity contribution in [3.05, 3.63) is 72.9 Å². The highest BCUT2D eigenvalue weighted by atomic mass is 15.1. The van der Waals surface area contributed by atoms with Crippen molar-refractivity contribution in [2.75, 3.05) is 14.1 Å². The molecule has 0 aliphatic carbocycles. The molecule has 0 unspecified atom stereocenters. The third kappa shape index (κ3) is 3.57. The van der Waals surface area contributed by atoms with Crippen molar-refractivity contribution in [3.8, 4) is 34.2 Å². The van der Waals surface area contributed by atoms with Crippen LogP contribution in [0.5, 0.6) is 0 Å². The zero-order valence-corrected chi connectivity index (χ0v) is 18.7. The van der Waals surface area contributed by atoms with Crippen LogP contribution in [-0.4, -0.2) is 59.1 Å². The molecule has 6 rings (SSSR count). The van der Waals surface area contributed by atoms with Gasteiger partial charge in [0.1, 0.15) is 16.9 Å². The second-order valence-corrected chi connectivity index (χ2v) is 8.36. The van der Waals surface area contributed by atoms with Gasteiger partial charge in [-0.05, 0) is 50.0 Å². The van der Waals surface area contributed by atoms with Gasteiger partial charge in [0.05, 0.1) is 28.6 Å². The molecule has 0 radical (unpaired) electrons. The van der Waals surface area contributed by atoms with Gasteiger partial charge in [-0.3, -0.25) is 25.0 Å². The third-order valence-electron chi connectivity index (χ3n) is 5.57.